The molecule has 2 aromatic heterocycles. The maximum atomic E-state index is 4.85. The van der Waals surface area contributed by atoms with Gasteiger partial charge in [-0.25, -0.2) is 4.98 Å². The summed E-state index contributed by atoms with van der Waals surface area (Å²) in [5.74, 6) is 0. The van der Waals surface area contributed by atoms with E-state index in [1.165, 1.54) is 34.5 Å². The van der Waals surface area contributed by atoms with Crippen molar-refractivity contribution in [2.24, 2.45) is 0 Å². The number of aromatic nitrogens is 2. The van der Waals surface area contributed by atoms with Crippen LogP contribution in [0.1, 0.15) is 41.9 Å². The van der Waals surface area contributed by atoms with Crippen molar-refractivity contribution in [3.8, 4) is 10.6 Å². The molecule has 1 N–H and O–H groups in total. The zero-order chi connectivity index (χ0) is 13.2. The third kappa shape index (κ3) is 2.42. The molecule has 100 valence electrons. The molecular weight excluding hydrogens is 254 g/mol. The highest BCUT2D eigenvalue weighted by molar-refractivity contribution is 7.15. The molecule has 2 aromatic rings. The van der Waals surface area contributed by atoms with E-state index in [0.29, 0.717) is 6.04 Å². The van der Waals surface area contributed by atoms with E-state index in [-0.39, 0.29) is 0 Å². The van der Waals surface area contributed by atoms with Crippen molar-refractivity contribution in [2.75, 3.05) is 6.54 Å². The zero-order valence-corrected chi connectivity index (χ0v) is 12.3. The van der Waals surface area contributed by atoms with E-state index in [1.54, 1.807) is 0 Å². The lowest BCUT2D eigenvalue weighted by Crippen LogP contribution is -2.23. The minimum atomic E-state index is 0.497. The molecule has 1 aliphatic rings. The zero-order valence-electron chi connectivity index (χ0n) is 11.4. The van der Waals surface area contributed by atoms with Crippen LogP contribution in [0.25, 0.3) is 10.6 Å². The summed E-state index contributed by atoms with van der Waals surface area (Å²) in [6.07, 6.45) is 7.36. The summed E-state index contributed by atoms with van der Waals surface area (Å²) < 4.78 is 0. The van der Waals surface area contributed by atoms with E-state index >= 15 is 0 Å². The molecule has 0 bridgehead atoms. The molecule has 1 atom stereocenters. The summed E-state index contributed by atoms with van der Waals surface area (Å²) in [5, 5.41) is 4.70. The lowest BCUT2D eigenvalue weighted by atomic mass is 9.98. The summed E-state index contributed by atoms with van der Waals surface area (Å²) in [5.41, 5.74) is 3.72. The first-order valence-electron chi connectivity index (χ1n) is 6.93. The minimum Gasteiger partial charge on any atom is -0.309 e. The Morgan fingerprint density at radius 1 is 1.47 bits per heavy atom. The van der Waals surface area contributed by atoms with Crippen molar-refractivity contribution in [1.29, 1.82) is 0 Å². The van der Waals surface area contributed by atoms with Crippen molar-refractivity contribution in [2.45, 2.75) is 39.2 Å². The van der Waals surface area contributed by atoms with Crippen LogP contribution in [0.5, 0.6) is 0 Å². The molecule has 1 unspecified atom stereocenters. The average Bonchev–Trinajstić information content (AvgIpc) is 2.84. The number of aryl methyl sites for hydroxylation is 2. The van der Waals surface area contributed by atoms with Crippen molar-refractivity contribution in [3.63, 3.8) is 0 Å². The maximum Gasteiger partial charge on any atom is 0.125 e. The van der Waals surface area contributed by atoms with E-state index in [4.69, 9.17) is 4.98 Å². The van der Waals surface area contributed by atoms with Crippen LogP contribution in [0, 0.1) is 6.92 Å². The summed E-state index contributed by atoms with van der Waals surface area (Å²) in [4.78, 5) is 10.5. The van der Waals surface area contributed by atoms with Crippen molar-refractivity contribution < 1.29 is 0 Å². The summed E-state index contributed by atoms with van der Waals surface area (Å²) in [7, 11) is 0. The third-order valence-electron chi connectivity index (χ3n) is 3.67. The topological polar surface area (TPSA) is 37.8 Å². The lowest BCUT2D eigenvalue weighted by Gasteiger charge is -2.21. The van der Waals surface area contributed by atoms with Gasteiger partial charge in [0.2, 0.25) is 0 Å². The Kier molecular flexibility index (Phi) is 3.62. The fourth-order valence-electron chi connectivity index (χ4n) is 2.66. The van der Waals surface area contributed by atoms with Gasteiger partial charge in [-0.2, -0.15) is 0 Å². The molecule has 1 aliphatic carbocycles. The van der Waals surface area contributed by atoms with Crippen LogP contribution >= 0.6 is 11.3 Å². The highest BCUT2D eigenvalue weighted by atomic mass is 32.1. The SMILES string of the molecule is CCNC1CCCc2nc(-c3cnccc3C)sc21. The van der Waals surface area contributed by atoms with Crippen LogP contribution in [0.15, 0.2) is 18.5 Å². The molecule has 3 rings (SSSR count). The Morgan fingerprint density at radius 2 is 2.37 bits per heavy atom. The van der Waals surface area contributed by atoms with Gasteiger partial charge in [-0.3, -0.25) is 4.98 Å². The van der Waals surface area contributed by atoms with Crippen LogP contribution < -0.4 is 5.32 Å². The van der Waals surface area contributed by atoms with Crippen molar-refractivity contribution >= 4 is 11.3 Å². The van der Waals surface area contributed by atoms with Gasteiger partial charge in [-0.05, 0) is 44.4 Å². The number of fused-ring (bicyclic) bond motifs is 1. The fraction of sp³-hybridized carbons (Fsp3) is 0.467. The molecule has 2 heterocycles. The van der Waals surface area contributed by atoms with Gasteiger partial charge in [0.25, 0.3) is 0 Å². The van der Waals surface area contributed by atoms with Gasteiger partial charge in [-0.15, -0.1) is 11.3 Å². The minimum absolute atomic E-state index is 0.497. The normalized spacial score (nSPS) is 18.3. The van der Waals surface area contributed by atoms with Gasteiger partial charge in [0.1, 0.15) is 5.01 Å². The molecular formula is C15H19N3S. The molecule has 0 saturated heterocycles. The lowest BCUT2D eigenvalue weighted by molar-refractivity contribution is 0.476. The monoisotopic (exact) mass is 273 g/mol. The van der Waals surface area contributed by atoms with E-state index in [9.17, 15) is 0 Å². The van der Waals surface area contributed by atoms with E-state index in [0.717, 1.165) is 18.0 Å². The highest BCUT2D eigenvalue weighted by Crippen LogP contribution is 2.38. The van der Waals surface area contributed by atoms with Crippen LogP contribution in [0.2, 0.25) is 0 Å². The predicted octanol–water partition coefficient (Wildman–Crippen LogP) is 3.50. The smallest absolute Gasteiger partial charge is 0.125 e. The second kappa shape index (κ2) is 5.39. The first-order chi connectivity index (χ1) is 9.29. The molecule has 0 aliphatic heterocycles. The number of hydrogen-bond donors (Lipinski definition) is 1. The second-order valence-corrected chi connectivity index (χ2v) is 6.05. The standard InChI is InChI=1S/C15H19N3S/c1-3-17-12-5-4-6-13-14(12)19-15(18-13)11-9-16-8-7-10(11)2/h7-9,12,17H,3-6H2,1-2H3. The first-order valence-corrected chi connectivity index (χ1v) is 7.75. The van der Waals surface area contributed by atoms with Gasteiger partial charge in [-0.1, -0.05) is 6.92 Å². The molecule has 0 fully saturated rings. The number of hydrogen-bond acceptors (Lipinski definition) is 4. The van der Waals surface area contributed by atoms with E-state index in [2.05, 4.69) is 30.2 Å². The van der Waals surface area contributed by atoms with Crippen molar-refractivity contribution in [1.82, 2.24) is 15.3 Å². The molecule has 0 spiro atoms. The Morgan fingerprint density at radius 3 is 3.16 bits per heavy atom. The molecule has 0 amide bonds. The fourth-order valence-corrected chi connectivity index (χ4v) is 3.96. The first kappa shape index (κ1) is 12.8. The number of rotatable bonds is 3. The molecule has 0 aromatic carbocycles. The second-order valence-electron chi connectivity index (χ2n) is 5.02. The number of thiazole rings is 1. The number of nitrogens with zero attached hydrogens (tertiary/aromatic N) is 2. The Bertz CT molecular complexity index is 577. The Hall–Kier alpha value is -1.26. The molecule has 4 heteroatoms. The van der Waals surface area contributed by atoms with Gasteiger partial charge < -0.3 is 5.32 Å². The van der Waals surface area contributed by atoms with Gasteiger partial charge in [0, 0.05) is 28.9 Å². The molecule has 0 saturated carbocycles. The number of nitrogens with one attached hydrogen (secondary N) is 1. The molecule has 3 nitrogen and oxygen atoms in total. The summed E-state index contributed by atoms with van der Waals surface area (Å²) in [6.45, 7) is 5.31. The third-order valence-corrected chi connectivity index (χ3v) is 4.92. The molecule has 0 radical (unpaired) electrons. The van der Waals surface area contributed by atoms with Crippen LogP contribution in [-0.4, -0.2) is 16.5 Å². The van der Waals surface area contributed by atoms with Gasteiger partial charge >= 0.3 is 0 Å². The summed E-state index contributed by atoms with van der Waals surface area (Å²) >= 11 is 1.84. The summed E-state index contributed by atoms with van der Waals surface area (Å²) in [6, 6.07) is 2.55. The average molecular weight is 273 g/mol. The van der Waals surface area contributed by atoms with Gasteiger partial charge in [0.05, 0.1) is 5.69 Å². The highest BCUT2D eigenvalue weighted by Gasteiger charge is 2.24. The number of pyridine rings is 1. The largest absolute Gasteiger partial charge is 0.309 e. The Balaban J connectivity index is 2.00. The maximum absolute atomic E-state index is 4.85. The van der Waals surface area contributed by atoms with Gasteiger partial charge in [0.15, 0.2) is 0 Å². The van der Waals surface area contributed by atoms with E-state index in [1.807, 2.05) is 23.7 Å². The van der Waals surface area contributed by atoms with Crippen LogP contribution in [0.3, 0.4) is 0 Å². The van der Waals surface area contributed by atoms with Crippen LogP contribution in [-0.2, 0) is 6.42 Å². The predicted molar refractivity (Wildman–Crippen MR) is 79.4 cm³/mol. The van der Waals surface area contributed by atoms with Crippen LogP contribution in [0.4, 0.5) is 0 Å². The van der Waals surface area contributed by atoms with E-state index < -0.39 is 0 Å². The Labute approximate surface area is 118 Å². The quantitative estimate of drug-likeness (QED) is 0.930. The van der Waals surface area contributed by atoms with Crippen molar-refractivity contribution in [3.05, 3.63) is 34.6 Å². The molecule has 19 heavy (non-hydrogen) atoms.